The lowest BCUT2D eigenvalue weighted by Crippen LogP contribution is -2.51. The Morgan fingerprint density at radius 3 is 2.48 bits per heavy atom. The molecule has 1 aromatic carbocycles. The first-order chi connectivity index (χ1) is 9.45. The van der Waals surface area contributed by atoms with E-state index in [1.165, 1.54) is 18.2 Å². The third-order valence-electron chi connectivity index (χ3n) is 3.65. The number of benzene rings is 1. The summed E-state index contributed by atoms with van der Waals surface area (Å²) < 4.78 is 41.5. The third-order valence-corrected chi connectivity index (χ3v) is 3.65. The van der Waals surface area contributed by atoms with Crippen molar-refractivity contribution < 1.29 is 18.3 Å². The highest BCUT2D eigenvalue weighted by atomic mass is 35.5. The van der Waals surface area contributed by atoms with Gasteiger partial charge in [-0.25, -0.2) is 13.2 Å². The number of halogens is 4. The van der Waals surface area contributed by atoms with Gasteiger partial charge in [0.05, 0.1) is 0 Å². The van der Waals surface area contributed by atoms with Gasteiger partial charge in [-0.2, -0.15) is 0 Å². The Hall–Kier alpha value is -0.820. The van der Waals surface area contributed by atoms with Crippen LogP contribution in [-0.4, -0.2) is 48.7 Å². The highest BCUT2D eigenvalue weighted by molar-refractivity contribution is 5.85. The molecule has 0 spiro atoms. The van der Waals surface area contributed by atoms with E-state index in [9.17, 15) is 13.2 Å². The SMILES string of the molecule is Cc1cc(F)ccc1[C@@H](N1CCNCC1)C(F)(F)CO.Cl. The van der Waals surface area contributed by atoms with Crippen LogP contribution in [0.15, 0.2) is 18.2 Å². The maximum atomic E-state index is 14.2. The number of piperazine rings is 1. The van der Waals surface area contributed by atoms with Crippen molar-refractivity contribution in [3.8, 4) is 0 Å². The molecular weight excluding hydrogens is 305 g/mol. The van der Waals surface area contributed by atoms with Crippen molar-refractivity contribution in [2.24, 2.45) is 0 Å². The van der Waals surface area contributed by atoms with Gasteiger partial charge >= 0.3 is 0 Å². The van der Waals surface area contributed by atoms with Crippen molar-refractivity contribution in [1.82, 2.24) is 10.2 Å². The number of hydrogen-bond donors (Lipinski definition) is 2. The second kappa shape index (κ2) is 7.45. The molecule has 21 heavy (non-hydrogen) atoms. The smallest absolute Gasteiger partial charge is 0.289 e. The Morgan fingerprint density at radius 1 is 1.33 bits per heavy atom. The van der Waals surface area contributed by atoms with Gasteiger partial charge in [0.15, 0.2) is 0 Å². The monoisotopic (exact) mass is 324 g/mol. The molecule has 0 aromatic heterocycles. The molecule has 1 aliphatic rings. The minimum Gasteiger partial charge on any atom is -0.390 e. The molecule has 0 radical (unpaired) electrons. The van der Waals surface area contributed by atoms with E-state index in [1.54, 1.807) is 11.8 Å². The second-order valence-corrected chi connectivity index (χ2v) is 5.11. The quantitative estimate of drug-likeness (QED) is 0.890. The summed E-state index contributed by atoms with van der Waals surface area (Å²) >= 11 is 0. The van der Waals surface area contributed by atoms with Crippen LogP contribution in [0, 0.1) is 12.7 Å². The number of nitrogens with one attached hydrogen (secondary N) is 1. The van der Waals surface area contributed by atoms with Gasteiger partial charge in [0, 0.05) is 26.2 Å². The average molecular weight is 325 g/mol. The third kappa shape index (κ3) is 4.10. The molecule has 1 saturated heterocycles. The number of rotatable bonds is 4. The van der Waals surface area contributed by atoms with Gasteiger partial charge in [0.1, 0.15) is 18.5 Å². The van der Waals surface area contributed by atoms with E-state index in [2.05, 4.69) is 5.32 Å². The fraction of sp³-hybridized carbons (Fsp3) is 0.571. The molecule has 120 valence electrons. The van der Waals surface area contributed by atoms with Crippen molar-refractivity contribution in [2.45, 2.75) is 18.9 Å². The van der Waals surface area contributed by atoms with Crippen LogP contribution in [0.1, 0.15) is 17.2 Å². The van der Waals surface area contributed by atoms with Gasteiger partial charge < -0.3 is 10.4 Å². The lowest BCUT2D eigenvalue weighted by molar-refractivity contribution is -0.118. The van der Waals surface area contributed by atoms with E-state index >= 15 is 0 Å². The van der Waals surface area contributed by atoms with Gasteiger partial charge in [-0.1, -0.05) is 6.07 Å². The number of nitrogens with zero attached hydrogens (tertiary/aromatic N) is 1. The first kappa shape index (κ1) is 18.2. The molecule has 0 bridgehead atoms. The Labute approximate surface area is 128 Å². The van der Waals surface area contributed by atoms with E-state index in [0.717, 1.165) is 0 Å². The van der Waals surface area contributed by atoms with Crippen molar-refractivity contribution >= 4 is 12.4 Å². The molecule has 1 heterocycles. The minimum absolute atomic E-state index is 0. The molecule has 0 unspecified atom stereocenters. The summed E-state index contributed by atoms with van der Waals surface area (Å²) in [6.07, 6.45) is 0. The van der Waals surface area contributed by atoms with Crippen LogP contribution in [0.2, 0.25) is 0 Å². The fourth-order valence-electron chi connectivity index (χ4n) is 2.66. The molecular formula is C14H20ClF3N2O. The van der Waals surface area contributed by atoms with Gasteiger partial charge in [0.2, 0.25) is 0 Å². The topological polar surface area (TPSA) is 35.5 Å². The molecule has 0 amide bonds. The van der Waals surface area contributed by atoms with Crippen molar-refractivity contribution in [1.29, 1.82) is 0 Å². The number of alkyl halides is 2. The maximum absolute atomic E-state index is 14.2. The molecule has 1 atom stereocenters. The van der Waals surface area contributed by atoms with Crippen LogP contribution in [0.4, 0.5) is 13.2 Å². The Morgan fingerprint density at radius 2 is 1.95 bits per heavy atom. The Bertz CT molecular complexity index is 468. The molecule has 2 N–H and O–H groups in total. The Kier molecular flexibility index (Phi) is 6.46. The van der Waals surface area contributed by atoms with Crippen LogP contribution < -0.4 is 5.32 Å². The van der Waals surface area contributed by atoms with Crippen LogP contribution in [0.25, 0.3) is 0 Å². The van der Waals surface area contributed by atoms with E-state index in [-0.39, 0.29) is 12.4 Å². The molecule has 7 heteroatoms. The van der Waals surface area contributed by atoms with E-state index < -0.39 is 24.4 Å². The summed E-state index contributed by atoms with van der Waals surface area (Å²) in [5.41, 5.74) is 0.842. The highest BCUT2D eigenvalue weighted by Gasteiger charge is 2.44. The predicted molar refractivity (Wildman–Crippen MR) is 77.6 cm³/mol. The van der Waals surface area contributed by atoms with Crippen molar-refractivity contribution in [3.05, 3.63) is 35.1 Å². The molecule has 0 aliphatic carbocycles. The van der Waals surface area contributed by atoms with E-state index in [4.69, 9.17) is 5.11 Å². The lowest BCUT2D eigenvalue weighted by Gasteiger charge is -2.39. The highest BCUT2D eigenvalue weighted by Crippen LogP contribution is 2.38. The number of aryl methyl sites for hydroxylation is 1. The summed E-state index contributed by atoms with van der Waals surface area (Å²) in [6.45, 7) is 2.57. The Balaban J connectivity index is 0.00000220. The summed E-state index contributed by atoms with van der Waals surface area (Å²) in [5.74, 6) is -3.71. The maximum Gasteiger partial charge on any atom is 0.289 e. The predicted octanol–water partition coefficient (Wildman–Crippen LogP) is 2.13. The molecule has 1 aliphatic heterocycles. The molecule has 2 rings (SSSR count). The largest absolute Gasteiger partial charge is 0.390 e. The molecule has 1 aromatic rings. The number of aliphatic hydroxyl groups is 1. The summed E-state index contributed by atoms with van der Waals surface area (Å²) in [5, 5.41) is 12.1. The molecule has 3 nitrogen and oxygen atoms in total. The minimum atomic E-state index is -3.26. The second-order valence-electron chi connectivity index (χ2n) is 5.11. The lowest BCUT2D eigenvalue weighted by atomic mass is 9.94. The van der Waals surface area contributed by atoms with Gasteiger partial charge in [0.25, 0.3) is 5.92 Å². The van der Waals surface area contributed by atoms with Crippen LogP contribution in [0.3, 0.4) is 0 Å². The van der Waals surface area contributed by atoms with Crippen LogP contribution >= 0.6 is 12.4 Å². The molecule has 1 fully saturated rings. The first-order valence-corrected chi connectivity index (χ1v) is 6.65. The first-order valence-electron chi connectivity index (χ1n) is 6.65. The average Bonchev–Trinajstić information content (AvgIpc) is 2.43. The summed E-state index contributed by atoms with van der Waals surface area (Å²) in [4.78, 5) is 1.65. The van der Waals surface area contributed by atoms with Crippen molar-refractivity contribution in [2.75, 3.05) is 32.8 Å². The standard InChI is InChI=1S/C14H19F3N2O.ClH/c1-10-8-11(15)2-3-12(10)13(14(16,17)9-20)19-6-4-18-5-7-19;/h2-3,8,13,18,20H,4-7,9H2,1H3;1H/t13-;/m1./s1. The number of aliphatic hydroxyl groups excluding tert-OH is 1. The fourth-order valence-corrected chi connectivity index (χ4v) is 2.66. The van der Waals surface area contributed by atoms with Crippen molar-refractivity contribution in [3.63, 3.8) is 0 Å². The van der Waals surface area contributed by atoms with Gasteiger partial charge in [-0.05, 0) is 30.2 Å². The normalized spacial score (nSPS) is 18.1. The summed E-state index contributed by atoms with van der Waals surface area (Å²) in [7, 11) is 0. The summed E-state index contributed by atoms with van der Waals surface area (Å²) in [6, 6.07) is 2.60. The molecule has 0 saturated carbocycles. The number of hydrogen-bond acceptors (Lipinski definition) is 3. The van der Waals surface area contributed by atoms with E-state index in [0.29, 0.717) is 37.3 Å². The zero-order valence-corrected chi connectivity index (χ0v) is 12.6. The van der Waals surface area contributed by atoms with Crippen LogP contribution in [0.5, 0.6) is 0 Å². The van der Waals surface area contributed by atoms with Gasteiger partial charge in [-0.3, -0.25) is 4.90 Å². The van der Waals surface area contributed by atoms with Gasteiger partial charge in [-0.15, -0.1) is 12.4 Å². The zero-order chi connectivity index (χ0) is 14.8. The van der Waals surface area contributed by atoms with E-state index in [1.807, 2.05) is 0 Å². The zero-order valence-electron chi connectivity index (χ0n) is 11.8. The van der Waals surface area contributed by atoms with Crippen LogP contribution in [-0.2, 0) is 0 Å².